The highest BCUT2D eigenvalue weighted by molar-refractivity contribution is 7.09. The Labute approximate surface area is 185 Å². The number of halogens is 1. The van der Waals surface area contributed by atoms with E-state index in [0.29, 0.717) is 39.1 Å². The van der Waals surface area contributed by atoms with Crippen molar-refractivity contribution in [2.24, 2.45) is 5.92 Å². The Morgan fingerprint density at radius 2 is 1.80 bits per heavy atom. The van der Waals surface area contributed by atoms with E-state index in [9.17, 15) is 9.59 Å². The average molecular weight is 448 g/mol. The van der Waals surface area contributed by atoms with Crippen LogP contribution in [-0.4, -0.2) is 70.2 Å². The molecule has 2 aromatic rings. The number of aromatic nitrogens is 2. The number of carbonyl (C=O) groups excluding carboxylic acids is 2. The van der Waals surface area contributed by atoms with Gasteiger partial charge in [-0.05, 0) is 30.5 Å². The third-order valence-electron chi connectivity index (χ3n) is 5.81. The van der Waals surface area contributed by atoms with E-state index < -0.39 is 0 Å². The van der Waals surface area contributed by atoms with Crippen molar-refractivity contribution in [3.05, 3.63) is 40.7 Å². The summed E-state index contributed by atoms with van der Waals surface area (Å²) in [5.74, 6) is 1.06. The smallest absolute Gasteiger partial charge is 0.227 e. The summed E-state index contributed by atoms with van der Waals surface area (Å²) >= 11 is 7.35. The van der Waals surface area contributed by atoms with Crippen molar-refractivity contribution in [1.82, 2.24) is 19.2 Å². The Bertz CT molecular complexity index is 895. The van der Waals surface area contributed by atoms with Crippen molar-refractivity contribution >= 4 is 40.1 Å². The van der Waals surface area contributed by atoms with Crippen LogP contribution in [0.5, 0.6) is 0 Å². The number of amides is 2. The topological polar surface area (TPSA) is 69.6 Å². The molecular weight excluding hydrogens is 422 g/mol. The molecule has 0 radical (unpaired) electrons. The molecule has 9 heteroatoms. The minimum Gasteiger partial charge on any atom is -0.346 e. The van der Waals surface area contributed by atoms with E-state index in [2.05, 4.69) is 9.27 Å². The van der Waals surface area contributed by atoms with E-state index in [1.165, 1.54) is 11.5 Å². The Morgan fingerprint density at radius 1 is 1.10 bits per heavy atom. The van der Waals surface area contributed by atoms with Gasteiger partial charge in [0, 0.05) is 69.2 Å². The predicted octanol–water partition coefficient (Wildman–Crippen LogP) is 2.69. The van der Waals surface area contributed by atoms with Crippen LogP contribution in [0.2, 0.25) is 5.02 Å². The van der Waals surface area contributed by atoms with Crippen molar-refractivity contribution in [1.29, 1.82) is 0 Å². The zero-order chi connectivity index (χ0) is 21.1. The molecular formula is C21H26ClN5O2S. The number of piperidine rings is 1. The summed E-state index contributed by atoms with van der Waals surface area (Å²) in [5.41, 5.74) is 1.13. The van der Waals surface area contributed by atoms with Crippen molar-refractivity contribution in [2.45, 2.75) is 26.2 Å². The average Bonchev–Trinajstić information content (AvgIpc) is 3.23. The molecule has 2 fully saturated rings. The lowest BCUT2D eigenvalue weighted by atomic mass is 9.96. The summed E-state index contributed by atoms with van der Waals surface area (Å²) in [6, 6.07) is 7.73. The molecule has 2 aliphatic heterocycles. The summed E-state index contributed by atoms with van der Waals surface area (Å²) in [4.78, 5) is 35.2. The van der Waals surface area contributed by atoms with Crippen LogP contribution in [0, 0.1) is 5.92 Å². The highest BCUT2D eigenvalue weighted by Crippen LogP contribution is 2.27. The molecule has 30 heavy (non-hydrogen) atoms. The first-order valence-corrected chi connectivity index (χ1v) is 11.5. The minimum atomic E-state index is -0.0220. The molecule has 4 rings (SSSR count). The second kappa shape index (κ2) is 9.31. The third kappa shape index (κ3) is 4.92. The van der Waals surface area contributed by atoms with Crippen LogP contribution in [0.3, 0.4) is 0 Å². The first kappa shape index (κ1) is 21.1. The van der Waals surface area contributed by atoms with Gasteiger partial charge in [-0.25, -0.2) is 4.98 Å². The van der Waals surface area contributed by atoms with Gasteiger partial charge in [-0.2, -0.15) is 4.37 Å². The SMILES string of the molecule is CC(=O)N1CCN(C(=O)C2CCCN(c3nc(Cc4ccc(Cl)cc4)ns3)C2)CC1. The molecule has 1 unspecified atom stereocenters. The van der Waals surface area contributed by atoms with Gasteiger partial charge in [0.25, 0.3) is 0 Å². The molecule has 0 saturated carbocycles. The highest BCUT2D eigenvalue weighted by atomic mass is 35.5. The van der Waals surface area contributed by atoms with Gasteiger partial charge in [-0.1, -0.05) is 23.7 Å². The molecule has 0 bridgehead atoms. The van der Waals surface area contributed by atoms with Gasteiger partial charge < -0.3 is 14.7 Å². The molecule has 2 amide bonds. The van der Waals surface area contributed by atoms with Gasteiger partial charge in [-0.15, -0.1) is 0 Å². The molecule has 2 saturated heterocycles. The summed E-state index contributed by atoms with van der Waals surface area (Å²) in [6.45, 7) is 5.67. The number of hydrogen-bond acceptors (Lipinski definition) is 6. The van der Waals surface area contributed by atoms with Crippen LogP contribution >= 0.6 is 23.1 Å². The van der Waals surface area contributed by atoms with E-state index in [1.54, 1.807) is 11.8 Å². The van der Waals surface area contributed by atoms with E-state index >= 15 is 0 Å². The fourth-order valence-corrected chi connectivity index (χ4v) is 4.93. The van der Waals surface area contributed by atoms with Gasteiger partial charge >= 0.3 is 0 Å². The fourth-order valence-electron chi connectivity index (χ4n) is 4.08. The van der Waals surface area contributed by atoms with Crippen LogP contribution in [0.25, 0.3) is 0 Å². The molecule has 1 aromatic heterocycles. The number of rotatable bonds is 4. The van der Waals surface area contributed by atoms with E-state index in [0.717, 1.165) is 40.9 Å². The second-order valence-corrected chi connectivity index (χ2v) is 9.08. The number of benzene rings is 1. The van der Waals surface area contributed by atoms with Gasteiger partial charge in [0.15, 0.2) is 0 Å². The maximum absolute atomic E-state index is 13.0. The number of hydrogen-bond donors (Lipinski definition) is 0. The van der Waals surface area contributed by atoms with E-state index in [4.69, 9.17) is 16.6 Å². The Morgan fingerprint density at radius 3 is 2.50 bits per heavy atom. The highest BCUT2D eigenvalue weighted by Gasteiger charge is 2.32. The van der Waals surface area contributed by atoms with E-state index in [1.807, 2.05) is 29.2 Å². The molecule has 3 heterocycles. The van der Waals surface area contributed by atoms with Gasteiger partial charge in [-0.3, -0.25) is 9.59 Å². The first-order chi connectivity index (χ1) is 14.5. The minimum absolute atomic E-state index is 0.0220. The summed E-state index contributed by atoms with van der Waals surface area (Å²) in [7, 11) is 0. The number of piperazine rings is 1. The summed E-state index contributed by atoms with van der Waals surface area (Å²) in [6.07, 6.45) is 2.54. The largest absolute Gasteiger partial charge is 0.346 e. The summed E-state index contributed by atoms with van der Waals surface area (Å²) < 4.78 is 4.52. The summed E-state index contributed by atoms with van der Waals surface area (Å²) in [5, 5.41) is 1.61. The first-order valence-electron chi connectivity index (χ1n) is 10.4. The lowest BCUT2D eigenvalue weighted by Gasteiger charge is -2.38. The molecule has 0 spiro atoms. The van der Waals surface area contributed by atoms with Crippen LogP contribution in [0.15, 0.2) is 24.3 Å². The molecule has 7 nitrogen and oxygen atoms in total. The van der Waals surface area contributed by atoms with Crippen molar-refractivity contribution in [3.8, 4) is 0 Å². The monoisotopic (exact) mass is 447 g/mol. The zero-order valence-corrected chi connectivity index (χ0v) is 18.7. The van der Waals surface area contributed by atoms with Crippen LogP contribution < -0.4 is 4.90 Å². The van der Waals surface area contributed by atoms with Gasteiger partial charge in [0.1, 0.15) is 5.82 Å². The standard InChI is InChI=1S/C21H26ClN5O2S/c1-15(28)25-9-11-26(12-10-25)20(29)17-3-2-8-27(14-17)21-23-19(24-30-21)13-16-4-6-18(22)7-5-16/h4-7,17H,2-3,8-14H2,1H3. The predicted molar refractivity (Wildman–Crippen MR) is 118 cm³/mol. The number of nitrogens with zero attached hydrogens (tertiary/aromatic N) is 5. The maximum atomic E-state index is 13.0. The van der Waals surface area contributed by atoms with Crippen molar-refractivity contribution in [3.63, 3.8) is 0 Å². The van der Waals surface area contributed by atoms with Crippen molar-refractivity contribution in [2.75, 3.05) is 44.2 Å². The second-order valence-electron chi connectivity index (χ2n) is 7.91. The zero-order valence-electron chi connectivity index (χ0n) is 17.1. The maximum Gasteiger partial charge on any atom is 0.227 e. The van der Waals surface area contributed by atoms with E-state index in [-0.39, 0.29) is 17.7 Å². The molecule has 160 valence electrons. The quantitative estimate of drug-likeness (QED) is 0.720. The molecule has 0 N–H and O–H groups in total. The van der Waals surface area contributed by atoms with Crippen molar-refractivity contribution < 1.29 is 9.59 Å². The normalized spacial score (nSPS) is 19.8. The van der Waals surface area contributed by atoms with Crippen LogP contribution in [0.1, 0.15) is 31.2 Å². The number of carbonyl (C=O) groups is 2. The third-order valence-corrected chi connectivity index (χ3v) is 6.88. The lowest BCUT2D eigenvalue weighted by Crippen LogP contribution is -2.53. The molecule has 1 aromatic carbocycles. The fraction of sp³-hybridized carbons (Fsp3) is 0.524. The van der Waals surface area contributed by atoms with Crippen LogP contribution in [0.4, 0.5) is 5.13 Å². The molecule has 1 atom stereocenters. The van der Waals surface area contributed by atoms with Gasteiger partial charge in [0.05, 0.1) is 5.92 Å². The Balaban J connectivity index is 1.35. The lowest BCUT2D eigenvalue weighted by molar-refractivity contribution is -0.141. The Kier molecular flexibility index (Phi) is 6.53. The van der Waals surface area contributed by atoms with Crippen LogP contribution in [-0.2, 0) is 16.0 Å². The molecule has 0 aliphatic carbocycles. The Hall–Kier alpha value is -2.19. The molecule has 2 aliphatic rings. The van der Waals surface area contributed by atoms with Gasteiger partial charge in [0.2, 0.25) is 16.9 Å². The number of anilines is 1.